The second-order valence-corrected chi connectivity index (χ2v) is 10.4. The van der Waals surface area contributed by atoms with Gasteiger partial charge < -0.3 is 9.32 Å². The van der Waals surface area contributed by atoms with E-state index in [1.807, 2.05) is 32.0 Å². The van der Waals surface area contributed by atoms with Crippen LogP contribution < -0.4 is 4.72 Å². The Bertz CT molecular complexity index is 1220. The first-order valence-corrected chi connectivity index (χ1v) is 12.4. The number of carbonyl (C=O) groups is 1. The van der Waals surface area contributed by atoms with Crippen LogP contribution in [-0.2, 0) is 16.4 Å². The zero-order valence-corrected chi connectivity index (χ0v) is 19.3. The normalized spacial score (nSPS) is 14.2. The van der Waals surface area contributed by atoms with Gasteiger partial charge in [0.2, 0.25) is 0 Å². The quantitative estimate of drug-likeness (QED) is 0.596. The van der Waals surface area contributed by atoms with Crippen molar-refractivity contribution in [3.63, 3.8) is 0 Å². The van der Waals surface area contributed by atoms with Gasteiger partial charge >= 0.3 is 11.8 Å². The molecule has 1 aliphatic rings. The summed E-state index contributed by atoms with van der Waals surface area (Å²) in [6.07, 6.45) is 2.64. The van der Waals surface area contributed by atoms with Crippen LogP contribution in [0.5, 0.6) is 0 Å². The molecule has 1 fully saturated rings. The standard InChI is InChI=1S/C21H24N4O4S2/c1-4-15-9-7-8-13(2)18(15)24-31(27,28)17-12-16(30-14(17)3)19-22-23-20(29-19)21(26)25-10-5-6-11-25/h7-9,12,24H,4-6,10-11H2,1-3H3. The lowest BCUT2D eigenvalue weighted by Gasteiger charge is -2.14. The Hall–Kier alpha value is -2.72. The minimum absolute atomic E-state index is 0.0713. The number of carbonyl (C=O) groups excluding carboxylic acids is 1. The Labute approximate surface area is 185 Å². The number of aromatic nitrogens is 2. The summed E-state index contributed by atoms with van der Waals surface area (Å²) in [5.74, 6) is -0.217. The number of thiophene rings is 1. The van der Waals surface area contributed by atoms with Gasteiger partial charge in [-0.2, -0.15) is 0 Å². The van der Waals surface area contributed by atoms with Gasteiger partial charge in [0.05, 0.1) is 10.6 Å². The van der Waals surface area contributed by atoms with Crippen LogP contribution in [0, 0.1) is 13.8 Å². The Morgan fingerprint density at radius 3 is 2.68 bits per heavy atom. The fourth-order valence-electron chi connectivity index (χ4n) is 3.66. The summed E-state index contributed by atoms with van der Waals surface area (Å²) >= 11 is 1.24. The van der Waals surface area contributed by atoms with E-state index in [2.05, 4.69) is 14.9 Å². The maximum atomic E-state index is 13.1. The topological polar surface area (TPSA) is 105 Å². The van der Waals surface area contributed by atoms with Gasteiger partial charge in [-0.3, -0.25) is 9.52 Å². The van der Waals surface area contributed by atoms with E-state index in [1.54, 1.807) is 11.8 Å². The van der Waals surface area contributed by atoms with E-state index in [1.165, 1.54) is 17.4 Å². The van der Waals surface area contributed by atoms with E-state index in [4.69, 9.17) is 4.42 Å². The van der Waals surface area contributed by atoms with E-state index in [-0.39, 0.29) is 22.6 Å². The van der Waals surface area contributed by atoms with Crippen LogP contribution in [0.25, 0.3) is 10.8 Å². The second kappa shape index (κ2) is 8.43. The lowest BCUT2D eigenvalue weighted by atomic mass is 10.1. The molecule has 2 aromatic heterocycles. The molecule has 0 bridgehead atoms. The first kappa shape index (κ1) is 21.5. The number of amides is 1. The molecule has 1 saturated heterocycles. The van der Waals surface area contributed by atoms with Crippen molar-refractivity contribution in [2.75, 3.05) is 17.8 Å². The van der Waals surface area contributed by atoms with Gasteiger partial charge in [0, 0.05) is 18.0 Å². The molecule has 8 nitrogen and oxygen atoms in total. The highest BCUT2D eigenvalue weighted by atomic mass is 32.2. The molecule has 0 spiro atoms. The molecular weight excluding hydrogens is 436 g/mol. The van der Waals surface area contributed by atoms with Crippen LogP contribution in [0.2, 0.25) is 0 Å². The van der Waals surface area contributed by atoms with Crippen molar-refractivity contribution >= 4 is 33.0 Å². The number of rotatable bonds is 6. The number of nitrogens with zero attached hydrogens (tertiary/aromatic N) is 3. The van der Waals surface area contributed by atoms with Gasteiger partial charge in [0.15, 0.2) is 0 Å². The SMILES string of the molecule is CCc1cccc(C)c1NS(=O)(=O)c1cc(-c2nnc(C(=O)N3CCCC3)o2)sc1C. The largest absolute Gasteiger partial charge is 0.411 e. The molecule has 0 atom stereocenters. The smallest absolute Gasteiger partial charge is 0.311 e. The zero-order chi connectivity index (χ0) is 22.2. The Morgan fingerprint density at radius 2 is 1.97 bits per heavy atom. The summed E-state index contributed by atoms with van der Waals surface area (Å²) in [4.78, 5) is 15.4. The molecule has 1 aromatic carbocycles. The molecule has 10 heteroatoms. The number of benzene rings is 1. The molecule has 0 unspecified atom stereocenters. The molecule has 0 saturated carbocycles. The molecule has 1 N–H and O–H groups in total. The van der Waals surface area contributed by atoms with Crippen LogP contribution in [0.3, 0.4) is 0 Å². The average molecular weight is 461 g/mol. The summed E-state index contributed by atoms with van der Waals surface area (Å²) in [6.45, 7) is 6.95. The highest BCUT2D eigenvalue weighted by Gasteiger charge is 2.27. The molecule has 0 aliphatic carbocycles. The van der Waals surface area contributed by atoms with E-state index in [0.717, 1.165) is 24.0 Å². The molecule has 1 aliphatic heterocycles. The van der Waals surface area contributed by atoms with Gasteiger partial charge in [-0.25, -0.2) is 8.42 Å². The van der Waals surface area contributed by atoms with E-state index < -0.39 is 10.0 Å². The molecule has 3 heterocycles. The highest BCUT2D eigenvalue weighted by Crippen LogP contribution is 2.34. The summed E-state index contributed by atoms with van der Waals surface area (Å²) < 4.78 is 34.6. The van der Waals surface area contributed by atoms with Gasteiger partial charge in [-0.1, -0.05) is 25.1 Å². The van der Waals surface area contributed by atoms with Crippen molar-refractivity contribution < 1.29 is 17.6 Å². The van der Waals surface area contributed by atoms with Crippen LogP contribution in [0.1, 0.15) is 46.5 Å². The molecule has 4 rings (SSSR count). The third-order valence-corrected chi connectivity index (χ3v) is 7.99. The number of hydrogen-bond donors (Lipinski definition) is 1. The maximum Gasteiger partial charge on any atom is 0.311 e. The molecule has 3 aromatic rings. The van der Waals surface area contributed by atoms with Crippen LogP contribution in [0.4, 0.5) is 5.69 Å². The summed E-state index contributed by atoms with van der Waals surface area (Å²) in [7, 11) is -3.81. The predicted octanol–water partition coefficient (Wildman–Crippen LogP) is 4.01. The minimum atomic E-state index is -3.81. The van der Waals surface area contributed by atoms with Gasteiger partial charge in [-0.05, 0) is 50.3 Å². The number of hydrogen-bond acceptors (Lipinski definition) is 7. The van der Waals surface area contributed by atoms with Crippen molar-refractivity contribution in [2.24, 2.45) is 0 Å². The van der Waals surface area contributed by atoms with Crippen LogP contribution in [0.15, 0.2) is 33.6 Å². The summed E-state index contributed by atoms with van der Waals surface area (Å²) in [5.41, 5.74) is 2.39. The molecule has 31 heavy (non-hydrogen) atoms. The Kier molecular flexibility index (Phi) is 5.85. The van der Waals surface area contributed by atoms with Crippen LogP contribution >= 0.6 is 11.3 Å². The minimum Gasteiger partial charge on any atom is -0.411 e. The first-order valence-electron chi connectivity index (χ1n) is 10.1. The number of likely N-dealkylation sites (tertiary alicyclic amines) is 1. The Morgan fingerprint density at radius 1 is 1.23 bits per heavy atom. The van der Waals surface area contributed by atoms with Gasteiger partial charge in [0.25, 0.3) is 15.9 Å². The molecular formula is C21H24N4O4S2. The van der Waals surface area contributed by atoms with Crippen LogP contribution in [-0.4, -0.2) is 42.5 Å². The monoisotopic (exact) mass is 460 g/mol. The Balaban J connectivity index is 1.61. The number of para-hydroxylation sites is 1. The highest BCUT2D eigenvalue weighted by molar-refractivity contribution is 7.93. The third kappa shape index (κ3) is 4.22. The fourth-order valence-corrected chi connectivity index (χ4v) is 6.35. The maximum absolute atomic E-state index is 13.1. The third-order valence-electron chi connectivity index (χ3n) is 5.35. The van der Waals surface area contributed by atoms with E-state index in [0.29, 0.717) is 35.0 Å². The lowest BCUT2D eigenvalue weighted by molar-refractivity contribution is 0.0754. The fraction of sp³-hybridized carbons (Fsp3) is 0.381. The average Bonchev–Trinajstić information content (AvgIpc) is 3.49. The van der Waals surface area contributed by atoms with Crippen molar-refractivity contribution in [3.8, 4) is 10.8 Å². The molecule has 0 radical (unpaired) electrons. The first-order chi connectivity index (χ1) is 14.8. The van der Waals surface area contributed by atoms with Crippen molar-refractivity contribution in [1.82, 2.24) is 15.1 Å². The number of anilines is 1. The van der Waals surface area contributed by atoms with Crippen molar-refractivity contribution in [3.05, 3.63) is 46.2 Å². The summed E-state index contributed by atoms with van der Waals surface area (Å²) in [5, 5.41) is 7.85. The van der Waals surface area contributed by atoms with Gasteiger partial charge in [0.1, 0.15) is 4.90 Å². The van der Waals surface area contributed by atoms with Gasteiger partial charge in [-0.15, -0.1) is 21.5 Å². The number of nitrogens with one attached hydrogen (secondary N) is 1. The number of sulfonamides is 1. The van der Waals surface area contributed by atoms with E-state index >= 15 is 0 Å². The van der Waals surface area contributed by atoms with E-state index in [9.17, 15) is 13.2 Å². The summed E-state index contributed by atoms with van der Waals surface area (Å²) in [6, 6.07) is 7.22. The molecule has 164 valence electrons. The zero-order valence-electron chi connectivity index (χ0n) is 17.6. The second-order valence-electron chi connectivity index (χ2n) is 7.51. The number of aryl methyl sites for hydroxylation is 3. The predicted molar refractivity (Wildman–Crippen MR) is 119 cm³/mol. The molecule has 1 amide bonds. The van der Waals surface area contributed by atoms with Crippen molar-refractivity contribution in [2.45, 2.75) is 44.9 Å². The van der Waals surface area contributed by atoms with Crippen molar-refractivity contribution in [1.29, 1.82) is 0 Å². The lowest BCUT2D eigenvalue weighted by Crippen LogP contribution is -2.27.